The van der Waals surface area contributed by atoms with Gasteiger partial charge in [-0.15, -0.1) is 11.3 Å². The first-order valence-corrected chi connectivity index (χ1v) is 29.0. The van der Waals surface area contributed by atoms with Crippen molar-refractivity contribution >= 4 is 136 Å². The number of hydrogen-bond acceptors (Lipinski definition) is 13. The molecule has 13 rings (SSSR count). The standard InChI is InChI=1S/C70H44O8S5/c71-65(75-37-41-17-5-1-6-18-41)69(66(72)76-38-42-19-7-2-8-20-42)47(33-55-61(79)49-25-13-14-26-50(49)62(55)80)29-45-31-59-53(35-57(45)69)54-36-58-46(32-60(54)83-59)30-48(34-56-63(81)51-27-15-16-28-52(51)64(56)82)70(58,67(73)77-39-43-21-9-3-10-22-43)68(74)78-40-44-23-11-4-12-24-44/h1-36H,37-40H2. The summed E-state index contributed by atoms with van der Waals surface area (Å²) in [4.78, 5) is 64.6. The van der Waals surface area contributed by atoms with Gasteiger partial charge in [-0.25, -0.2) is 0 Å². The third-order valence-electron chi connectivity index (χ3n) is 15.6. The molecule has 0 N–H and O–H groups in total. The van der Waals surface area contributed by atoms with Crippen LogP contribution in [-0.4, -0.2) is 43.3 Å². The van der Waals surface area contributed by atoms with Gasteiger partial charge < -0.3 is 18.9 Å². The van der Waals surface area contributed by atoms with Crippen molar-refractivity contribution in [2.75, 3.05) is 0 Å². The smallest absolute Gasteiger partial charge is 0.333 e. The zero-order chi connectivity index (χ0) is 57.0. The number of ether oxygens (including phenoxy) is 4. The summed E-state index contributed by atoms with van der Waals surface area (Å²) in [7, 11) is 0. The lowest BCUT2D eigenvalue weighted by molar-refractivity contribution is -0.166. The fourth-order valence-electron chi connectivity index (χ4n) is 11.5. The number of thiocarbonyl (C=S) groups is 4. The van der Waals surface area contributed by atoms with E-state index in [9.17, 15) is 0 Å². The predicted octanol–water partition coefficient (Wildman–Crippen LogP) is 14.5. The van der Waals surface area contributed by atoms with Gasteiger partial charge in [0.1, 0.15) is 26.4 Å². The normalized spacial score (nSPS) is 15.0. The van der Waals surface area contributed by atoms with Gasteiger partial charge in [0.25, 0.3) is 0 Å². The Morgan fingerprint density at radius 2 is 0.639 bits per heavy atom. The number of carbonyl (C=O) groups is 4. The van der Waals surface area contributed by atoms with Crippen LogP contribution in [0.4, 0.5) is 0 Å². The molecular formula is C70H44O8S5. The summed E-state index contributed by atoms with van der Waals surface area (Å²) in [6, 6.07) is 59.6. The highest BCUT2D eigenvalue weighted by Crippen LogP contribution is 2.53. The molecule has 8 aromatic carbocycles. The Kier molecular flexibility index (Phi) is 14.1. The van der Waals surface area contributed by atoms with Crippen molar-refractivity contribution in [2.45, 2.75) is 37.3 Å². The van der Waals surface area contributed by atoms with Gasteiger partial charge in [0.15, 0.2) is 0 Å². The number of benzene rings is 8. The van der Waals surface area contributed by atoms with Crippen molar-refractivity contribution in [3.63, 3.8) is 0 Å². The third-order valence-corrected chi connectivity index (χ3v) is 18.5. The summed E-state index contributed by atoms with van der Waals surface area (Å²) in [6.07, 6.45) is 7.08. The van der Waals surface area contributed by atoms with Crippen molar-refractivity contribution in [1.29, 1.82) is 0 Å². The molecule has 0 atom stereocenters. The van der Waals surface area contributed by atoms with Gasteiger partial charge in [-0.05, 0) is 104 Å². The number of carbonyl (C=O) groups excluding carboxylic acids is 4. The van der Waals surface area contributed by atoms with Crippen LogP contribution in [-0.2, 0) is 75.4 Å². The van der Waals surface area contributed by atoms with E-state index in [2.05, 4.69) is 0 Å². The van der Waals surface area contributed by atoms with Crippen LogP contribution in [0.25, 0.3) is 32.3 Å². The summed E-state index contributed by atoms with van der Waals surface area (Å²) < 4.78 is 26.7. The lowest BCUT2D eigenvalue weighted by atomic mass is 9.75. The summed E-state index contributed by atoms with van der Waals surface area (Å²) in [5.74, 6) is -3.49. The van der Waals surface area contributed by atoms with E-state index in [4.69, 9.17) is 67.8 Å². The average Bonchev–Trinajstić information content (AvgIpc) is 1.80. The number of rotatable bonds is 14. The second kappa shape index (κ2) is 21.8. The first-order chi connectivity index (χ1) is 40.4. The second-order valence-electron chi connectivity index (χ2n) is 20.4. The maximum absolute atomic E-state index is 15.7. The van der Waals surface area contributed by atoms with Crippen molar-refractivity contribution in [2.24, 2.45) is 0 Å². The Balaban J connectivity index is 1.01. The van der Waals surface area contributed by atoms with E-state index in [1.807, 2.05) is 206 Å². The van der Waals surface area contributed by atoms with Crippen LogP contribution in [0, 0.1) is 0 Å². The Morgan fingerprint density at radius 1 is 0.373 bits per heavy atom. The zero-order valence-corrected chi connectivity index (χ0v) is 48.0. The van der Waals surface area contributed by atoms with Gasteiger partial charge >= 0.3 is 23.9 Å². The van der Waals surface area contributed by atoms with Crippen LogP contribution >= 0.6 is 60.2 Å². The molecule has 0 spiro atoms. The molecule has 0 radical (unpaired) electrons. The lowest BCUT2D eigenvalue weighted by Crippen LogP contribution is -2.46. The topological polar surface area (TPSA) is 105 Å². The van der Waals surface area contributed by atoms with Crippen LogP contribution in [0.5, 0.6) is 0 Å². The fraction of sp³-hybridized carbons (Fsp3) is 0.0857. The van der Waals surface area contributed by atoms with E-state index in [1.165, 1.54) is 11.3 Å². The Hall–Kier alpha value is -8.82. The van der Waals surface area contributed by atoms with E-state index >= 15 is 19.2 Å². The summed E-state index contributed by atoms with van der Waals surface area (Å²) in [6.45, 7) is -0.609. The summed E-state index contributed by atoms with van der Waals surface area (Å²) in [5.41, 5.74) is 4.68. The minimum absolute atomic E-state index is 0.152. The molecule has 83 heavy (non-hydrogen) atoms. The van der Waals surface area contributed by atoms with Gasteiger partial charge in [0.2, 0.25) is 10.8 Å². The van der Waals surface area contributed by atoms with E-state index in [-0.39, 0.29) is 37.6 Å². The largest absolute Gasteiger partial charge is 0.459 e. The molecular weight excluding hydrogens is 1130 g/mol. The number of esters is 4. The fourth-order valence-corrected chi connectivity index (χ4v) is 14.1. The average molecular weight is 1170 g/mol. The maximum atomic E-state index is 15.7. The Bertz CT molecular complexity index is 3950. The molecule has 0 saturated carbocycles. The van der Waals surface area contributed by atoms with Crippen LogP contribution < -0.4 is 0 Å². The van der Waals surface area contributed by atoms with E-state index in [0.717, 1.165) is 31.7 Å². The first-order valence-electron chi connectivity index (χ1n) is 26.6. The van der Waals surface area contributed by atoms with Crippen LogP contribution in [0.1, 0.15) is 66.8 Å². The van der Waals surface area contributed by atoms with Gasteiger partial charge in [0, 0.05) is 53.6 Å². The van der Waals surface area contributed by atoms with Crippen LogP contribution in [0.15, 0.2) is 229 Å². The molecule has 0 unspecified atom stereocenters. The third kappa shape index (κ3) is 9.16. The number of thiophene rings is 1. The Labute approximate surface area is 503 Å². The molecule has 0 aliphatic heterocycles. The van der Waals surface area contributed by atoms with Crippen molar-refractivity contribution in [3.8, 4) is 0 Å². The van der Waals surface area contributed by atoms with E-state index in [0.29, 0.717) is 85.9 Å². The quantitative estimate of drug-likeness (QED) is 0.0340. The highest BCUT2D eigenvalue weighted by Gasteiger charge is 2.59. The molecule has 4 aliphatic carbocycles. The predicted molar refractivity (Wildman–Crippen MR) is 339 cm³/mol. The van der Waals surface area contributed by atoms with Gasteiger partial charge in [-0.3, -0.25) is 19.2 Å². The van der Waals surface area contributed by atoms with Crippen LogP contribution in [0.3, 0.4) is 0 Å². The molecule has 1 heterocycles. The zero-order valence-electron chi connectivity index (χ0n) is 43.9. The van der Waals surface area contributed by atoms with Gasteiger partial charge in [-0.1, -0.05) is 219 Å². The molecule has 0 fully saturated rings. The maximum Gasteiger partial charge on any atom is 0.333 e. The highest BCUT2D eigenvalue weighted by atomic mass is 32.1. The lowest BCUT2D eigenvalue weighted by Gasteiger charge is -2.29. The monoisotopic (exact) mass is 1170 g/mol. The second-order valence-corrected chi connectivity index (χ2v) is 23.2. The number of allylic oxidation sites excluding steroid dienone is 4. The Morgan fingerprint density at radius 3 is 0.916 bits per heavy atom. The molecule has 0 amide bonds. The molecule has 8 nitrogen and oxygen atoms in total. The number of fused-ring (bicyclic) bond motifs is 7. The molecule has 0 saturated heterocycles. The van der Waals surface area contributed by atoms with Crippen molar-refractivity contribution in [3.05, 3.63) is 295 Å². The minimum atomic E-state index is -2.23. The van der Waals surface area contributed by atoms with Gasteiger partial charge in [-0.2, -0.15) is 0 Å². The SMILES string of the molecule is O=C(OCc1ccccc1)C1(C(=O)OCc2ccccc2)C(C=C2C(=S)c3ccccc3C2=S)=Cc2cc3sc4cc5c(cc4c3cc21)C(C(=O)OCc1ccccc1)(C(=O)OCc1ccccc1)C(C=C1C(=S)c2ccccc2C1=S)=C5. The molecule has 9 aromatic rings. The van der Waals surface area contributed by atoms with Crippen LogP contribution in [0.2, 0.25) is 0 Å². The molecule has 0 bridgehead atoms. The van der Waals surface area contributed by atoms with E-state index in [1.54, 1.807) is 12.2 Å². The highest BCUT2D eigenvalue weighted by molar-refractivity contribution is 7.84. The van der Waals surface area contributed by atoms with Crippen molar-refractivity contribution < 1.29 is 38.1 Å². The molecule has 13 heteroatoms. The molecule has 4 aliphatic rings. The molecule has 1 aromatic heterocycles. The minimum Gasteiger partial charge on any atom is -0.459 e. The van der Waals surface area contributed by atoms with E-state index < -0.39 is 34.7 Å². The summed E-state index contributed by atoms with van der Waals surface area (Å²) >= 11 is 25.8. The first kappa shape index (κ1) is 53.5. The van der Waals surface area contributed by atoms with Gasteiger partial charge in [0.05, 0.1) is 19.5 Å². The number of hydrogen-bond donors (Lipinski definition) is 0. The summed E-state index contributed by atoms with van der Waals surface area (Å²) in [5, 5.41) is 1.24. The molecule has 402 valence electrons. The van der Waals surface area contributed by atoms with Crippen molar-refractivity contribution in [1.82, 2.24) is 0 Å².